The zero-order valence-electron chi connectivity index (χ0n) is 17.3. The third-order valence-electron chi connectivity index (χ3n) is 5.26. The molecule has 9 heteroatoms. The molecular formula is C20H27N5O4. The molecule has 2 bridgehead atoms. The van der Waals surface area contributed by atoms with Crippen LogP contribution in [0.25, 0.3) is 5.65 Å². The Labute approximate surface area is 169 Å². The molecule has 2 saturated heterocycles. The molecule has 29 heavy (non-hydrogen) atoms. The lowest BCUT2D eigenvalue weighted by atomic mass is 10.2. The van der Waals surface area contributed by atoms with Crippen LogP contribution in [0, 0.1) is 0 Å². The van der Waals surface area contributed by atoms with Crippen molar-refractivity contribution in [2.24, 2.45) is 0 Å². The zero-order chi connectivity index (χ0) is 20.8. The van der Waals surface area contributed by atoms with Gasteiger partial charge in [0.25, 0.3) is 0 Å². The molecule has 4 heterocycles. The Hall–Kier alpha value is -2.84. The summed E-state index contributed by atoms with van der Waals surface area (Å²) in [5, 5.41) is 4.19. The molecule has 0 saturated carbocycles. The summed E-state index contributed by atoms with van der Waals surface area (Å²) in [7, 11) is 0. The Bertz CT molecular complexity index is 921. The van der Waals surface area contributed by atoms with Gasteiger partial charge in [-0.15, -0.1) is 0 Å². The number of ether oxygens (including phenoxy) is 2. The summed E-state index contributed by atoms with van der Waals surface area (Å²) < 4.78 is 12.3. The van der Waals surface area contributed by atoms with E-state index in [1.165, 1.54) is 6.20 Å². The average Bonchev–Trinajstić information content (AvgIpc) is 3.18. The Morgan fingerprint density at radius 1 is 1.21 bits per heavy atom. The largest absolute Gasteiger partial charge is 0.462 e. The van der Waals surface area contributed by atoms with Crippen molar-refractivity contribution < 1.29 is 19.1 Å². The van der Waals surface area contributed by atoms with Crippen molar-refractivity contribution >= 4 is 23.5 Å². The maximum absolute atomic E-state index is 12.6. The average molecular weight is 401 g/mol. The fourth-order valence-corrected chi connectivity index (χ4v) is 4.09. The second kappa shape index (κ2) is 7.20. The molecule has 1 amide bonds. The summed E-state index contributed by atoms with van der Waals surface area (Å²) in [6.45, 7) is 9.08. The number of hydrogen-bond donors (Lipinski definition) is 0. The molecule has 2 aromatic heterocycles. The van der Waals surface area contributed by atoms with Crippen LogP contribution < -0.4 is 4.90 Å². The molecule has 9 nitrogen and oxygen atoms in total. The first-order valence-corrected chi connectivity index (χ1v) is 10.0. The van der Waals surface area contributed by atoms with Crippen LogP contribution in [-0.2, 0) is 9.47 Å². The number of carbonyl (C=O) groups is 2. The molecule has 2 aliphatic heterocycles. The fourth-order valence-electron chi connectivity index (χ4n) is 4.09. The summed E-state index contributed by atoms with van der Waals surface area (Å²) >= 11 is 0. The van der Waals surface area contributed by atoms with Gasteiger partial charge in [0.2, 0.25) is 0 Å². The first-order valence-electron chi connectivity index (χ1n) is 10.0. The summed E-state index contributed by atoms with van der Waals surface area (Å²) in [6.07, 6.45) is 4.93. The highest BCUT2D eigenvalue weighted by Gasteiger charge is 2.44. The molecule has 0 spiro atoms. The van der Waals surface area contributed by atoms with Crippen molar-refractivity contribution in [2.45, 2.75) is 58.2 Å². The van der Waals surface area contributed by atoms with Crippen LogP contribution in [0.2, 0.25) is 0 Å². The first kappa shape index (κ1) is 19.5. The van der Waals surface area contributed by atoms with Gasteiger partial charge in [0.15, 0.2) is 5.65 Å². The maximum atomic E-state index is 12.6. The van der Waals surface area contributed by atoms with Gasteiger partial charge < -0.3 is 14.4 Å². The number of nitrogens with zero attached hydrogens (tertiary/aromatic N) is 5. The SMILES string of the molecule is CCOC(=O)c1cnn2ccc(N3CC4CCC(C3)N4C(=O)OC(C)(C)C)nc12. The molecule has 0 aromatic carbocycles. The van der Waals surface area contributed by atoms with Crippen LogP contribution >= 0.6 is 0 Å². The van der Waals surface area contributed by atoms with E-state index in [0.717, 1.165) is 18.7 Å². The molecule has 4 rings (SSSR count). The Morgan fingerprint density at radius 3 is 2.52 bits per heavy atom. The summed E-state index contributed by atoms with van der Waals surface area (Å²) in [6, 6.07) is 2.07. The van der Waals surface area contributed by atoms with E-state index in [1.807, 2.05) is 31.7 Å². The van der Waals surface area contributed by atoms with Crippen LogP contribution in [0.1, 0.15) is 50.9 Å². The van der Waals surface area contributed by atoms with Crippen molar-refractivity contribution in [1.29, 1.82) is 0 Å². The van der Waals surface area contributed by atoms with Crippen LogP contribution in [0.5, 0.6) is 0 Å². The molecule has 2 aromatic rings. The normalized spacial score (nSPS) is 21.5. The molecule has 2 fully saturated rings. The van der Waals surface area contributed by atoms with E-state index in [-0.39, 0.29) is 18.2 Å². The highest BCUT2D eigenvalue weighted by Crippen LogP contribution is 2.33. The number of anilines is 1. The van der Waals surface area contributed by atoms with Crippen LogP contribution in [0.4, 0.5) is 10.6 Å². The fraction of sp³-hybridized carbons (Fsp3) is 0.600. The van der Waals surface area contributed by atoms with E-state index in [0.29, 0.717) is 30.9 Å². The van der Waals surface area contributed by atoms with Crippen molar-refractivity contribution in [2.75, 3.05) is 24.6 Å². The molecule has 0 N–H and O–H groups in total. The predicted molar refractivity (Wildman–Crippen MR) is 106 cm³/mol. The van der Waals surface area contributed by atoms with E-state index in [4.69, 9.17) is 9.47 Å². The molecule has 2 aliphatic rings. The van der Waals surface area contributed by atoms with Gasteiger partial charge in [-0.25, -0.2) is 19.1 Å². The molecule has 2 unspecified atom stereocenters. The minimum absolute atomic E-state index is 0.0936. The quantitative estimate of drug-likeness (QED) is 0.730. The number of aromatic nitrogens is 3. The summed E-state index contributed by atoms with van der Waals surface area (Å²) in [5.74, 6) is 0.339. The lowest BCUT2D eigenvalue weighted by Crippen LogP contribution is -2.57. The van der Waals surface area contributed by atoms with Gasteiger partial charge in [0.05, 0.1) is 24.9 Å². The summed E-state index contributed by atoms with van der Waals surface area (Å²) in [5.41, 5.74) is 0.318. The number of esters is 1. The van der Waals surface area contributed by atoms with Gasteiger partial charge in [-0.1, -0.05) is 0 Å². The number of carbonyl (C=O) groups excluding carboxylic acids is 2. The van der Waals surface area contributed by atoms with Crippen molar-refractivity contribution in [1.82, 2.24) is 19.5 Å². The molecule has 0 radical (unpaired) electrons. The number of piperazine rings is 1. The molecule has 2 atom stereocenters. The van der Waals surface area contributed by atoms with Gasteiger partial charge >= 0.3 is 12.1 Å². The number of fused-ring (bicyclic) bond motifs is 3. The third-order valence-corrected chi connectivity index (χ3v) is 5.26. The first-order chi connectivity index (χ1) is 13.8. The molecular weight excluding hydrogens is 374 g/mol. The second-order valence-electron chi connectivity index (χ2n) is 8.51. The minimum atomic E-state index is -0.508. The second-order valence-corrected chi connectivity index (χ2v) is 8.51. The minimum Gasteiger partial charge on any atom is -0.462 e. The molecule has 156 valence electrons. The van der Waals surface area contributed by atoms with Crippen LogP contribution in [0.3, 0.4) is 0 Å². The van der Waals surface area contributed by atoms with E-state index >= 15 is 0 Å². The highest BCUT2D eigenvalue weighted by atomic mass is 16.6. The van der Waals surface area contributed by atoms with E-state index in [2.05, 4.69) is 15.0 Å². The van der Waals surface area contributed by atoms with Gasteiger partial charge in [-0.2, -0.15) is 5.10 Å². The van der Waals surface area contributed by atoms with Crippen LogP contribution in [-0.4, -0.2) is 68.9 Å². The lowest BCUT2D eigenvalue weighted by Gasteiger charge is -2.41. The van der Waals surface area contributed by atoms with Crippen molar-refractivity contribution in [3.63, 3.8) is 0 Å². The predicted octanol–water partition coefficient (Wildman–Crippen LogP) is 2.49. The third kappa shape index (κ3) is 3.73. The van der Waals surface area contributed by atoms with Gasteiger partial charge in [0.1, 0.15) is 17.0 Å². The Balaban J connectivity index is 1.55. The zero-order valence-corrected chi connectivity index (χ0v) is 17.3. The maximum Gasteiger partial charge on any atom is 0.410 e. The Morgan fingerprint density at radius 2 is 1.90 bits per heavy atom. The standard InChI is InChI=1S/C20H27N5O4/c1-5-28-18(26)15-10-21-24-9-8-16(22-17(15)24)23-11-13-6-7-14(12-23)25(13)19(27)29-20(2,3)4/h8-10,13-14H,5-7,11-12H2,1-4H3. The Kier molecular flexibility index (Phi) is 4.84. The van der Waals surface area contributed by atoms with Crippen molar-refractivity contribution in [3.8, 4) is 0 Å². The van der Waals surface area contributed by atoms with E-state index in [9.17, 15) is 9.59 Å². The lowest BCUT2D eigenvalue weighted by molar-refractivity contribution is 0.0122. The number of amides is 1. The number of rotatable bonds is 3. The summed E-state index contributed by atoms with van der Waals surface area (Å²) in [4.78, 5) is 33.6. The monoisotopic (exact) mass is 401 g/mol. The van der Waals surface area contributed by atoms with Gasteiger partial charge in [-0.3, -0.25) is 4.90 Å². The van der Waals surface area contributed by atoms with Crippen LogP contribution in [0.15, 0.2) is 18.5 Å². The van der Waals surface area contributed by atoms with Gasteiger partial charge in [0, 0.05) is 19.3 Å². The number of hydrogen-bond acceptors (Lipinski definition) is 7. The molecule has 0 aliphatic carbocycles. The van der Waals surface area contributed by atoms with E-state index < -0.39 is 11.6 Å². The topological polar surface area (TPSA) is 89.3 Å². The van der Waals surface area contributed by atoms with E-state index in [1.54, 1.807) is 17.6 Å². The highest BCUT2D eigenvalue weighted by molar-refractivity contribution is 5.95. The smallest absolute Gasteiger partial charge is 0.410 e. The van der Waals surface area contributed by atoms with Crippen molar-refractivity contribution in [3.05, 3.63) is 24.0 Å². The van der Waals surface area contributed by atoms with Gasteiger partial charge in [-0.05, 0) is 46.6 Å².